The quantitative estimate of drug-likeness (QED) is 0.912. The molecule has 3 nitrogen and oxygen atoms in total. The van der Waals surface area contributed by atoms with Gasteiger partial charge in [0.15, 0.2) is 0 Å². The molecule has 1 saturated carbocycles. The van der Waals surface area contributed by atoms with E-state index in [0.717, 1.165) is 32.4 Å². The molecule has 0 aromatic heterocycles. The van der Waals surface area contributed by atoms with Crippen LogP contribution in [0.1, 0.15) is 34.6 Å². The number of amides is 1. The van der Waals surface area contributed by atoms with Gasteiger partial charge in [-0.05, 0) is 54.0 Å². The number of carbonyl (C=O) groups excluding carboxylic acids is 1. The van der Waals surface area contributed by atoms with E-state index in [-0.39, 0.29) is 11.8 Å². The highest BCUT2D eigenvalue weighted by molar-refractivity contribution is 5.86. The summed E-state index contributed by atoms with van der Waals surface area (Å²) in [6.45, 7) is 1.93. The minimum Gasteiger partial charge on any atom is -0.369 e. The molecule has 0 radical (unpaired) electrons. The van der Waals surface area contributed by atoms with Crippen molar-refractivity contribution in [2.24, 2.45) is 11.1 Å². The Morgan fingerprint density at radius 2 is 2.00 bits per heavy atom. The molecule has 0 bridgehead atoms. The minimum absolute atomic E-state index is 0.160. The van der Waals surface area contributed by atoms with Crippen molar-refractivity contribution in [1.29, 1.82) is 0 Å². The minimum atomic E-state index is -0.409. The molecule has 0 spiro atoms. The van der Waals surface area contributed by atoms with Crippen LogP contribution in [0, 0.1) is 5.41 Å². The van der Waals surface area contributed by atoms with E-state index in [4.69, 9.17) is 5.73 Å². The van der Waals surface area contributed by atoms with Gasteiger partial charge < -0.3 is 11.1 Å². The van der Waals surface area contributed by atoms with Gasteiger partial charge in [-0.2, -0.15) is 0 Å². The van der Waals surface area contributed by atoms with Crippen LogP contribution in [0.2, 0.25) is 0 Å². The molecule has 2 aromatic carbocycles. The third-order valence-corrected chi connectivity index (χ3v) is 5.52. The largest absolute Gasteiger partial charge is 0.369 e. The van der Waals surface area contributed by atoms with Gasteiger partial charge in [-0.3, -0.25) is 4.79 Å². The van der Waals surface area contributed by atoms with E-state index in [9.17, 15) is 4.79 Å². The summed E-state index contributed by atoms with van der Waals surface area (Å²) in [5.41, 5.74) is 10.7. The number of benzene rings is 2. The lowest BCUT2D eigenvalue weighted by molar-refractivity contribution is -0.123. The van der Waals surface area contributed by atoms with Crippen LogP contribution in [0.5, 0.6) is 0 Å². The van der Waals surface area contributed by atoms with E-state index in [1.807, 2.05) is 18.2 Å². The number of nitrogens with one attached hydrogen (secondary N) is 1. The van der Waals surface area contributed by atoms with Crippen LogP contribution in [-0.2, 0) is 24.2 Å². The summed E-state index contributed by atoms with van der Waals surface area (Å²) >= 11 is 0. The smallest absolute Gasteiger partial charge is 0.224 e. The number of hydrogen-bond acceptors (Lipinski definition) is 2. The van der Waals surface area contributed by atoms with Gasteiger partial charge >= 0.3 is 0 Å². The maximum absolute atomic E-state index is 12.2. The molecule has 1 fully saturated rings. The average Bonchev–Trinajstić information content (AvgIpc) is 3.32. The molecule has 2 unspecified atom stereocenters. The molecule has 3 heteroatoms. The third-order valence-electron chi connectivity index (χ3n) is 5.52. The van der Waals surface area contributed by atoms with Crippen molar-refractivity contribution < 1.29 is 4.79 Å². The van der Waals surface area contributed by atoms with Crippen molar-refractivity contribution in [1.82, 2.24) is 5.32 Å². The average molecular weight is 306 g/mol. The molecule has 3 N–H and O–H groups in total. The number of fused-ring (bicyclic) bond motifs is 1. The molecule has 4 rings (SSSR count). The van der Waals surface area contributed by atoms with E-state index < -0.39 is 5.41 Å². The SMILES string of the molecule is NC(=O)C1(Cc2cccc3c2CNCC3)CC1c1ccccc1. The van der Waals surface area contributed by atoms with Crippen LogP contribution in [0.25, 0.3) is 0 Å². The summed E-state index contributed by atoms with van der Waals surface area (Å²) < 4.78 is 0. The normalized spacial score (nSPS) is 25.7. The molecule has 2 aliphatic rings. The first-order chi connectivity index (χ1) is 11.2. The Balaban J connectivity index is 1.66. The van der Waals surface area contributed by atoms with Gasteiger partial charge in [-0.15, -0.1) is 0 Å². The standard InChI is InChI=1S/C20H22N2O/c21-19(23)20(12-18(20)15-5-2-1-3-6-15)11-16-8-4-7-14-9-10-22-13-17(14)16/h1-8,18,22H,9-13H2,(H2,21,23). The van der Waals surface area contributed by atoms with Crippen molar-refractivity contribution in [3.05, 3.63) is 70.8 Å². The lowest BCUT2D eigenvalue weighted by atomic mass is 9.86. The number of nitrogens with two attached hydrogens (primary N) is 1. The molecule has 23 heavy (non-hydrogen) atoms. The van der Waals surface area contributed by atoms with Crippen LogP contribution >= 0.6 is 0 Å². The zero-order valence-corrected chi connectivity index (χ0v) is 13.2. The van der Waals surface area contributed by atoms with Gasteiger partial charge in [-0.25, -0.2) is 0 Å². The van der Waals surface area contributed by atoms with Crippen molar-refractivity contribution in [3.8, 4) is 0 Å². The predicted octanol–water partition coefficient (Wildman–Crippen LogP) is 2.53. The number of hydrogen-bond donors (Lipinski definition) is 2. The molecule has 1 aliphatic heterocycles. The van der Waals surface area contributed by atoms with Gasteiger partial charge in [0.25, 0.3) is 0 Å². The van der Waals surface area contributed by atoms with Gasteiger partial charge in [0.1, 0.15) is 0 Å². The Labute approximate surface area is 136 Å². The zero-order chi connectivity index (χ0) is 15.9. The van der Waals surface area contributed by atoms with E-state index in [0.29, 0.717) is 0 Å². The van der Waals surface area contributed by atoms with E-state index in [1.54, 1.807) is 0 Å². The van der Waals surface area contributed by atoms with Crippen molar-refractivity contribution in [3.63, 3.8) is 0 Å². The van der Waals surface area contributed by atoms with Crippen LogP contribution in [0.3, 0.4) is 0 Å². The molecular formula is C20H22N2O. The number of primary amides is 1. The predicted molar refractivity (Wildman–Crippen MR) is 91.0 cm³/mol. The summed E-state index contributed by atoms with van der Waals surface area (Å²) in [5.74, 6) is 0.0985. The van der Waals surface area contributed by atoms with Gasteiger partial charge in [0, 0.05) is 6.54 Å². The molecule has 0 saturated heterocycles. The number of rotatable bonds is 4. The second kappa shape index (κ2) is 5.50. The maximum Gasteiger partial charge on any atom is 0.224 e. The molecule has 2 aromatic rings. The topological polar surface area (TPSA) is 55.1 Å². The Kier molecular flexibility index (Phi) is 3.46. The Morgan fingerprint density at radius 1 is 1.17 bits per heavy atom. The highest BCUT2D eigenvalue weighted by Crippen LogP contribution is 2.61. The second-order valence-corrected chi connectivity index (χ2v) is 6.85. The van der Waals surface area contributed by atoms with Gasteiger partial charge in [-0.1, -0.05) is 48.5 Å². The van der Waals surface area contributed by atoms with Crippen LogP contribution in [0.4, 0.5) is 0 Å². The van der Waals surface area contributed by atoms with Crippen LogP contribution < -0.4 is 11.1 Å². The fraction of sp³-hybridized carbons (Fsp3) is 0.350. The first-order valence-corrected chi connectivity index (χ1v) is 8.36. The van der Waals surface area contributed by atoms with Gasteiger partial charge in [0.2, 0.25) is 5.91 Å². The van der Waals surface area contributed by atoms with Crippen molar-refractivity contribution >= 4 is 5.91 Å². The fourth-order valence-electron chi connectivity index (χ4n) is 4.07. The zero-order valence-electron chi connectivity index (χ0n) is 13.2. The van der Waals surface area contributed by atoms with Gasteiger partial charge in [0.05, 0.1) is 5.41 Å². The van der Waals surface area contributed by atoms with Crippen LogP contribution in [-0.4, -0.2) is 12.5 Å². The summed E-state index contributed by atoms with van der Waals surface area (Å²) in [5, 5.41) is 3.44. The Bertz CT molecular complexity index is 741. The molecule has 2 atom stereocenters. The number of carbonyl (C=O) groups is 1. The second-order valence-electron chi connectivity index (χ2n) is 6.85. The summed E-state index contributed by atoms with van der Waals surface area (Å²) in [6.07, 6.45) is 2.69. The Hall–Kier alpha value is -2.13. The highest BCUT2D eigenvalue weighted by Gasteiger charge is 2.59. The molecule has 1 amide bonds. The Morgan fingerprint density at radius 3 is 2.78 bits per heavy atom. The first kappa shape index (κ1) is 14.5. The molecule has 118 valence electrons. The summed E-state index contributed by atoms with van der Waals surface area (Å²) in [6, 6.07) is 16.8. The van der Waals surface area contributed by atoms with E-state index >= 15 is 0 Å². The maximum atomic E-state index is 12.2. The van der Waals surface area contributed by atoms with Crippen LogP contribution in [0.15, 0.2) is 48.5 Å². The lowest BCUT2D eigenvalue weighted by Gasteiger charge is -2.23. The molecular weight excluding hydrogens is 284 g/mol. The summed E-state index contributed by atoms with van der Waals surface area (Å²) in [7, 11) is 0. The van der Waals surface area contributed by atoms with E-state index in [2.05, 4.69) is 35.6 Å². The lowest BCUT2D eigenvalue weighted by Crippen LogP contribution is -2.30. The molecule has 1 heterocycles. The first-order valence-electron chi connectivity index (χ1n) is 8.36. The third kappa shape index (κ3) is 2.45. The molecule has 1 aliphatic carbocycles. The highest BCUT2D eigenvalue weighted by atomic mass is 16.1. The summed E-state index contributed by atoms with van der Waals surface area (Å²) in [4.78, 5) is 12.2. The monoisotopic (exact) mass is 306 g/mol. The van der Waals surface area contributed by atoms with Crippen molar-refractivity contribution in [2.45, 2.75) is 31.7 Å². The fourth-order valence-corrected chi connectivity index (χ4v) is 4.07. The van der Waals surface area contributed by atoms with Crippen molar-refractivity contribution in [2.75, 3.05) is 6.54 Å². The van der Waals surface area contributed by atoms with E-state index in [1.165, 1.54) is 22.3 Å².